The number of nitrogens with zero attached hydrogens (tertiary/aromatic N) is 2. The van der Waals surface area contributed by atoms with Crippen molar-refractivity contribution in [2.24, 2.45) is 5.73 Å². The fraction of sp³-hybridized carbons (Fsp3) is 0.273. The van der Waals surface area contributed by atoms with Crippen molar-refractivity contribution >= 4 is 23.1 Å². The molecule has 0 saturated heterocycles. The monoisotopic (exact) mass is 253 g/mol. The van der Waals surface area contributed by atoms with Crippen LogP contribution in [0.1, 0.15) is 29.3 Å². The number of halogens is 1. The average molecular weight is 254 g/mol. The summed E-state index contributed by atoms with van der Waals surface area (Å²) < 4.78 is 6.33. The summed E-state index contributed by atoms with van der Waals surface area (Å²) in [7, 11) is 1.31. The largest absolute Gasteiger partial charge is 0.464 e. The van der Waals surface area contributed by atoms with Crippen LogP contribution in [0.25, 0.3) is 5.52 Å². The minimum Gasteiger partial charge on any atom is -0.464 e. The lowest BCUT2D eigenvalue weighted by Gasteiger charge is -2.05. The van der Waals surface area contributed by atoms with Crippen molar-refractivity contribution in [3.8, 4) is 0 Å². The van der Waals surface area contributed by atoms with E-state index in [4.69, 9.17) is 17.3 Å². The van der Waals surface area contributed by atoms with Gasteiger partial charge in [0.1, 0.15) is 11.0 Å². The molecule has 0 radical (unpaired) electrons. The van der Waals surface area contributed by atoms with Crippen LogP contribution in [0.4, 0.5) is 0 Å². The van der Waals surface area contributed by atoms with Crippen molar-refractivity contribution in [2.45, 2.75) is 13.0 Å². The fourth-order valence-electron chi connectivity index (χ4n) is 1.67. The Morgan fingerprint density at radius 1 is 1.59 bits per heavy atom. The second kappa shape index (κ2) is 4.35. The number of nitrogens with two attached hydrogens (primary N) is 1. The zero-order chi connectivity index (χ0) is 12.6. The Morgan fingerprint density at radius 2 is 2.29 bits per heavy atom. The van der Waals surface area contributed by atoms with Crippen LogP contribution in [0, 0.1) is 0 Å². The van der Waals surface area contributed by atoms with E-state index in [0.717, 1.165) is 0 Å². The number of esters is 1. The Hall–Kier alpha value is -1.59. The number of aromatic nitrogens is 2. The van der Waals surface area contributed by atoms with E-state index < -0.39 is 5.97 Å². The first-order valence-corrected chi connectivity index (χ1v) is 5.44. The molecule has 0 saturated carbocycles. The second-order valence-electron chi connectivity index (χ2n) is 3.67. The van der Waals surface area contributed by atoms with Gasteiger partial charge in [0.25, 0.3) is 0 Å². The maximum Gasteiger partial charge on any atom is 0.358 e. The lowest BCUT2D eigenvalue weighted by molar-refractivity contribution is 0.0597. The molecule has 0 aliphatic rings. The van der Waals surface area contributed by atoms with Crippen molar-refractivity contribution in [2.75, 3.05) is 7.11 Å². The number of methoxy groups -OCH3 is 1. The van der Waals surface area contributed by atoms with Crippen LogP contribution in [0.3, 0.4) is 0 Å². The van der Waals surface area contributed by atoms with Gasteiger partial charge < -0.3 is 10.5 Å². The number of hydrogen-bond donors (Lipinski definition) is 1. The van der Waals surface area contributed by atoms with E-state index in [1.54, 1.807) is 29.5 Å². The molecule has 1 unspecified atom stereocenters. The molecule has 0 bridgehead atoms. The molecule has 0 aliphatic carbocycles. The van der Waals surface area contributed by atoms with Crippen LogP contribution in [0.5, 0.6) is 0 Å². The van der Waals surface area contributed by atoms with Gasteiger partial charge in [0.05, 0.1) is 18.7 Å². The van der Waals surface area contributed by atoms with Gasteiger partial charge in [-0.3, -0.25) is 4.40 Å². The zero-order valence-electron chi connectivity index (χ0n) is 9.48. The number of fused-ring (bicyclic) bond motifs is 1. The standard InChI is InChI=1S/C11H12ClN3O2/c1-6(13)10-14-9(11(16)17-2)7-4-3-5-8(12)15(7)10/h3-6H,13H2,1-2H3. The third kappa shape index (κ3) is 1.87. The highest BCUT2D eigenvalue weighted by Gasteiger charge is 2.20. The van der Waals surface area contributed by atoms with Crippen molar-refractivity contribution in [1.29, 1.82) is 0 Å². The Morgan fingerprint density at radius 3 is 2.88 bits per heavy atom. The van der Waals surface area contributed by atoms with Crippen LogP contribution >= 0.6 is 11.6 Å². The van der Waals surface area contributed by atoms with Crippen LogP contribution in [0.15, 0.2) is 18.2 Å². The highest BCUT2D eigenvalue weighted by atomic mass is 35.5. The Labute approximate surface area is 103 Å². The molecule has 5 nitrogen and oxygen atoms in total. The molecular weight excluding hydrogens is 242 g/mol. The summed E-state index contributed by atoms with van der Waals surface area (Å²) in [6.07, 6.45) is 0. The number of carbonyl (C=O) groups excluding carboxylic acids is 1. The maximum absolute atomic E-state index is 11.6. The van der Waals surface area contributed by atoms with E-state index in [1.807, 2.05) is 0 Å². The van der Waals surface area contributed by atoms with Crippen molar-refractivity contribution in [3.05, 3.63) is 34.9 Å². The summed E-state index contributed by atoms with van der Waals surface area (Å²) >= 11 is 6.08. The van der Waals surface area contributed by atoms with E-state index in [9.17, 15) is 4.79 Å². The van der Waals surface area contributed by atoms with E-state index in [1.165, 1.54) is 7.11 Å². The summed E-state index contributed by atoms with van der Waals surface area (Å²) in [5, 5.41) is 0.456. The van der Waals surface area contributed by atoms with Gasteiger partial charge in [-0.15, -0.1) is 0 Å². The molecule has 0 amide bonds. The predicted octanol–water partition coefficient (Wildman–Crippen LogP) is 1.79. The van der Waals surface area contributed by atoms with Gasteiger partial charge in [0.2, 0.25) is 0 Å². The molecule has 6 heteroatoms. The lowest BCUT2D eigenvalue weighted by atomic mass is 10.3. The first-order valence-electron chi connectivity index (χ1n) is 5.07. The normalized spacial score (nSPS) is 12.7. The third-order valence-corrected chi connectivity index (χ3v) is 2.72. The number of imidazole rings is 1. The molecule has 90 valence electrons. The van der Waals surface area contributed by atoms with Crippen LogP contribution in [0.2, 0.25) is 5.15 Å². The molecule has 0 fully saturated rings. The highest BCUT2D eigenvalue weighted by Crippen LogP contribution is 2.22. The zero-order valence-corrected chi connectivity index (χ0v) is 10.2. The Balaban J connectivity index is 2.80. The van der Waals surface area contributed by atoms with Crippen LogP contribution < -0.4 is 5.73 Å². The molecule has 17 heavy (non-hydrogen) atoms. The van der Waals surface area contributed by atoms with Gasteiger partial charge in [-0.1, -0.05) is 17.7 Å². The highest BCUT2D eigenvalue weighted by molar-refractivity contribution is 6.30. The lowest BCUT2D eigenvalue weighted by Crippen LogP contribution is -2.10. The van der Waals surface area contributed by atoms with Gasteiger partial charge >= 0.3 is 5.97 Å². The van der Waals surface area contributed by atoms with Crippen molar-refractivity contribution in [1.82, 2.24) is 9.38 Å². The molecule has 2 rings (SSSR count). The number of rotatable bonds is 2. The quantitative estimate of drug-likeness (QED) is 0.654. The Bertz CT molecular complexity index is 577. The minimum absolute atomic E-state index is 0.224. The summed E-state index contributed by atoms with van der Waals surface area (Å²) in [4.78, 5) is 15.8. The maximum atomic E-state index is 11.6. The average Bonchev–Trinajstić information content (AvgIpc) is 2.69. The SMILES string of the molecule is COC(=O)c1nc(C(C)N)n2c(Cl)cccc12. The molecule has 2 aromatic heterocycles. The van der Waals surface area contributed by atoms with Gasteiger partial charge in [-0.05, 0) is 19.1 Å². The predicted molar refractivity (Wildman–Crippen MR) is 64.1 cm³/mol. The van der Waals surface area contributed by atoms with Crippen molar-refractivity contribution in [3.63, 3.8) is 0 Å². The summed E-state index contributed by atoms with van der Waals surface area (Å²) in [6.45, 7) is 1.78. The van der Waals surface area contributed by atoms with Gasteiger partial charge in [-0.25, -0.2) is 9.78 Å². The summed E-state index contributed by atoms with van der Waals surface area (Å²) in [5.74, 6) is 0.0302. The number of ether oxygens (including phenoxy) is 1. The van der Waals surface area contributed by atoms with E-state index in [0.29, 0.717) is 16.5 Å². The van der Waals surface area contributed by atoms with Gasteiger partial charge in [-0.2, -0.15) is 0 Å². The van der Waals surface area contributed by atoms with Crippen LogP contribution in [-0.2, 0) is 4.74 Å². The van der Waals surface area contributed by atoms with Crippen molar-refractivity contribution < 1.29 is 9.53 Å². The molecule has 2 heterocycles. The molecule has 0 aromatic carbocycles. The first kappa shape index (κ1) is 11.9. The first-order chi connectivity index (χ1) is 8.06. The van der Waals surface area contributed by atoms with Gasteiger partial charge in [0, 0.05) is 0 Å². The number of pyridine rings is 1. The van der Waals surface area contributed by atoms with Gasteiger partial charge in [0.15, 0.2) is 5.69 Å². The topological polar surface area (TPSA) is 69.6 Å². The van der Waals surface area contributed by atoms with Crippen LogP contribution in [-0.4, -0.2) is 22.5 Å². The molecule has 0 spiro atoms. The second-order valence-corrected chi connectivity index (χ2v) is 4.06. The summed E-state index contributed by atoms with van der Waals surface area (Å²) in [5.41, 5.74) is 6.63. The molecule has 0 aliphatic heterocycles. The van der Waals surface area contributed by atoms with E-state index in [2.05, 4.69) is 9.72 Å². The Kier molecular flexibility index (Phi) is 3.04. The molecule has 2 N–H and O–H groups in total. The smallest absolute Gasteiger partial charge is 0.358 e. The summed E-state index contributed by atoms with van der Waals surface area (Å²) in [6, 6.07) is 4.87. The molecule has 1 atom stereocenters. The molecule has 2 aromatic rings. The fourth-order valence-corrected chi connectivity index (χ4v) is 1.93. The number of hydrogen-bond acceptors (Lipinski definition) is 4. The van der Waals surface area contributed by atoms with E-state index in [-0.39, 0.29) is 11.7 Å². The third-order valence-electron chi connectivity index (χ3n) is 2.43. The minimum atomic E-state index is -0.503. The molecular formula is C11H12ClN3O2. The van der Waals surface area contributed by atoms with E-state index >= 15 is 0 Å². The number of carbonyl (C=O) groups is 1.